The molecule has 1 heterocycles. The molecule has 1 aliphatic rings. The van der Waals surface area contributed by atoms with Crippen molar-refractivity contribution in [1.82, 2.24) is 4.31 Å². The van der Waals surface area contributed by atoms with E-state index in [4.69, 9.17) is 4.74 Å². The van der Waals surface area contributed by atoms with Crippen molar-refractivity contribution in [2.75, 3.05) is 25.0 Å². The number of nitrogens with zero attached hydrogens (tertiary/aromatic N) is 1. The lowest BCUT2D eigenvalue weighted by Gasteiger charge is -2.29. The third-order valence-corrected chi connectivity index (χ3v) is 7.36. The summed E-state index contributed by atoms with van der Waals surface area (Å²) in [5.74, 6) is -0.470. The summed E-state index contributed by atoms with van der Waals surface area (Å²) < 4.78 is 110. The molecule has 35 heavy (non-hydrogen) atoms. The predicted molar refractivity (Wildman–Crippen MR) is 114 cm³/mol. The minimum absolute atomic E-state index is 0.0347. The van der Waals surface area contributed by atoms with Crippen LogP contribution in [-0.2, 0) is 27.2 Å². The number of alkyl halides is 6. The Labute approximate surface area is 197 Å². The molecule has 1 amide bonds. The number of ether oxygens (including phenoxy) is 1. The van der Waals surface area contributed by atoms with Crippen molar-refractivity contribution in [2.45, 2.75) is 37.0 Å². The maximum Gasteiger partial charge on any atom is 0.416 e. The molecule has 1 N–H and O–H groups in total. The molecule has 0 saturated carbocycles. The molecule has 2 aromatic rings. The van der Waals surface area contributed by atoms with Crippen LogP contribution in [0.4, 0.5) is 32.0 Å². The first kappa shape index (κ1) is 26.8. The lowest BCUT2D eigenvalue weighted by molar-refractivity contribution is -0.143. The largest absolute Gasteiger partial charge is 0.484 e. The number of piperidine rings is 1. The Bertz CT molecular complexity index is 1120. The number of amides is 1. The lowest BCUT2D eigenvalue weighted by Crippen LogP contribution is -2.37. The van der Waals surface area contributed by atoms with Gasteiger partial charge in [-0.2, -0.15) is 30.6 Å². The van der Waals surface area contributed by atoms with E-state index in [2.05, 4.69) is 6.92 Å². The second-order valence-electron chi connectivity index (χ2n) is 8.19. The van der Waals surface area contributed by atoms with Crippen molar-refractivity contribution in [3.63, 3.8) is 0 Å². The molecule has 1 aliphatic heterocycles. The summed E-state index contributed by atoms with van der Waals surface area (Å²) in [5, 5.41) is 1.95. The van der Waals surface area contributed by atoms with Crippen LogP contribution in [0.5, 0.6) is 5.75 Å². The molecule has 0 aromatic heterocycles. The van der Waals surface area contributed by atoms with Crippen molar-refractivity contribution in [3.8, 4) is 5.75 Å². The number of benzene rings is 2. The first-order valence-electron chi connectivity index (χ1n) is 10.5. The van der Waals surface area contributed by atoms with Crippen LogP contribution < -0.4 is 10.1 Å². The zero-order valence-electron chi connectivity index (χ0n) is 18.4. The zero-order chi connectivity index (χ0) is 26.0. The molecule has 0 unspecified atom stereocenters. The van der Waals surface area contributed by atoms with Gasteiger partial charge in [-0.25, -0.2) is 8.42 Å². The topological polar surface area (TPSA) is 75.7 Å². The van der Waals surface area contributed by atoms with E-state index in [-0.39, 0.29) is 16.7 Å². The highest BCUT2D eigenvalue weighted by Crippen LogP contribution is 2.37. The van der Waals surface area contributed by atoms with Crippen LogP contribution in [0.25, 0.3) is 0 Å². The molecule has 0 aliphatic carbocycles. The van der Waals surface area contributed by atoms with Gasteiger partial charge in [0.15, 0.2) is 6.61 Å². The highest BCUT2D eigenvalue weighted by Gasteiger charge is 2.37. The molecule has 192 valence electrons. The molecule has 6 nitrogen and oxygen atoms in total. The molecule has 1 saturated heterocycles. The normalized spacial score (nSPS) is 16.2. The first-order valence-corrected chi connectivity index (χ1v) is 11.9. The summed E-state index contributed by atoms with van der Waals surface area (Å²) >= 11 is 0. The van der Waals surface area contributed by atoms with Gasteiger partial charge >= 0.3 is 12.4 Å². The molecule has 13 heteroatoms. The first-order chi connectivity index (χ1) is 16.2. The van der Waals surface area contributed by atoms with Crippen LogP contribution in [0.2, 0.25) is 0 Å². The Morgan fingerprint density at radius 3 is 1.97 bits per heavy atom. The second-order valence-corrected chi connectivity index (χ2v) is 10.1. The van der Waals surface area contributed by atoms with E-state index in [9.17, 15) is 39.6 Å². The number of hydrogen-bond acceptors (Lipinski definition) is 4. The Kier molecular flexibility index (Phi) is 7.70. The molecule has 0 bridgehead atoms. The number of nitrogens with one attached hydrogen (secondary N) is 1. The number of carbonyl (C=O) groups is 1. The SMILES string of the molecule is CC1CCN(S(=O)(=O)c2ccc(OCC(=O)Nc3cc(C(F)(F)F)cc(C(F)(F)F)c3)cc2)CC1. The van der Waals surface area contributed by atoms with E-state index in [1.807, 2.05) is 5.32 Å². The van der Waals surface area contributed by atoms with Crippen LogP contribution in [-0.4, -0.2) is 38.3 Å². The van der Waals surface area contributed by atoms with Gasteiger partial charge in [-0.1, -0.05) is 6.92 Å². The third kappa shape index (κ3) is 6.88. The lowest BCUT2D eigenvalue weighted by atomic mass is 10.0. The quantitative estimate of drug-likeness (QED) is 0.530. The summed E-state index contributed by atoms with van der Waals surface area (Å²) in [6.45, 7) is 2.14. The van der Waals surface area contributed by atoms with E-state index in [1.165, 1.54) is 28.6 Å². The van der Waals surface area contributed by atoms with Gasteiger partial charge in [0.2, 0.25) is 10.0 Å². The Hall–Kier alpha value is -2.80. The fourth-order valence-electron chi connectivity index (χ4n) is 3.46. The molecule has 2 aromatic carbocycles. The standard InChI is InChI=1S/C22H22F6N2O4S/c1-14-6-8-30(9-7-14)35(32,33)19-4-2-18(3-5-19)34-13-20(31)29-17-11-15(21(23,24)25)10-16(12-17)22(26,27)28/h2-5,10-12,14H,6-9,13H2,1H3,(H,29,31). The fourth-order valence-corrected chi connectivity index (χ4v) is 4.92. The van der Waals surface area contributed by atoms with E-state index in [0.29, 0.717) is 31.1 Å². The van der Waals surface area contributed by atoms with Crippen molar-refractivity contribution in [3.05, 3.63) is 53.6 Å². The monoisotopic (exact) mass is 524 g/mol. The predicted octanol–water partition coefficient (Wildman–Crippen LogP) is 5.16. The van der Waals surface area contributed by atoms with E-state index in [1.54, 1.807) is 0 Å². The number of hydrogen-bond donors (Lipinski definition) is 1. The second kappa shape index (κ2) is 10.1. The van der Waals surface area contributed by atoms with Gasteiger partial charge in [-0.15, -0.1) is 0 Å². The summed E-state index contributed by atoms with van der Waals surface area (Å²) in [6, 6.07) is 5.91. The summed E-state index contributed by atoms with van der Waals surface area (Å²) in [5.41, 5.74) is -3.83. The molecule has 0 spiro atoms. The van der Waals surface area contributed by atoms with E-state index in [0.717, 1.165) is 12.8 Å². The van der Waals surface area contributed by atoms with Crippen LogP contribution in [0, 0.1) is 5.92 Å². The Morgan fingerprint density at radius 1 is 0.971 bits per heavy atom. The zero-order valence-corrected chi connectivity index (χ0v) is 19.2. The van der Waals surface area contributed by atoms with Gasteiger partial charge in [0.1, 0.15) is 5.75 Å². The molecule has 3 rings (SSSR count). The van der Waals surface area contributed by atoms with Crippen LogP contribution in [0.15, 0.2) is 47.4 Å². The van der Waals surface area contributed by atoms with E-state index >= 15 is 0 Å². The molecule has 1 fully saturated rings. The Balaban J connectivity index is 1.64. The fraction of sp³-hybridized carbons (Fsp3) is 0.409. The number of rotatable bonds is 6. The summed E-state index contributed by atoms with van der Waals surface area (Å²) in [4.78, 5) is 12.1. The van der Waals surface area contributed by atoms with Gasteiger partial charge in [0, 0.05) is 18.8 Å². The van der Waals surface area contributed by atoms with Gasteiger partial charge in [0.05, 0.1) is 16.0 Å². The molecule has 0 radical (unpaired) electrons. The molecular formula is C22H22F6N2O4S. The van der Waals surface area contributed by atoms with Gasteiger partial charge in [-0.3, -0.25) is 4.79 Å². The van der Waals surface area contributed by atoms with Crippen LogP contribution in [0.1, 0.15) is 30.9 Å². The van der Waals surface area contributed by atoms with Gasteiger partial charge in [-0.05, 0) is 61.2 Å². The van der Waals surface area contributed by atoms with Crippen LogP contribution >= 0.6 is 0 Å². The van der Waals surface area contributed by atoms with Gasteiger partial charge in [0.25, 0.3) is 5.91 Å². The number of halogens is 6. The average Bonchev–Trinajstić information content (AvgIpc) is 2.77. The van der Waals surface area contributed by atoms with Crippen LogP contribution in [0.3, 0.4) is 0 Å². The smallest absolute Gasteiger partial charge is 0.416 e. The summed E-state index contributed by atoms with van der Waals surface area (Å²) in [7, 11) is -3.69. The molecule has 0 atom stereocenters. The maximum absolute atomic E-state index is 12.9. The highest BCUT2D eigenvalue weighted by atomic mass is 32.2. The Morgan fingerprint density at radius 2 is 1.49 bits per heavy atom. The van der Waals surface area contributed by atoms with Crippen molar-refractivity contribution in [2.24, 2.45) is 5.92 Å². The third-order valence-electron chi connectivity index (χ3n) is 5.45. The highest BCUT2D eigenvalue weighted by molar-refractivity contribution is 7.89. The number of carbonyl (C=O) groups excluding carboxylic acids is 1. The van der Waals surface area contributed by atoms with Crippen molar-refractivity contribution in [1.29, 1.82) is 0 Å². The minimum Gasteiger partial charge on any atom is -0.484 e. The van der Waals surface area contributed by atoms with Gasteiger partial charge < -0.3 is 10.1 Å². The summed E-state index contributed by atoms with van der Waals surface area (Å²) in [6.07, 6.45) is -8.59. The average molecular weight is 524 g/mol. The maximum atomic E-state index is 12.9. The van der Waals surface area contributed by atoms with E-state index < -0.39 is 51.7 Å². The van der Waals surface area contributed by atoms with Crippen molar-refractivity contribution >= 4 is 21.6 Å². The van der Waals surface area contributed by atoms with Crippen molar-refractivity contribution < 1.29 is 44.3 Å². The molecular weight excluding hydrogens is 502 g/mol. The minimum atomic E-state index is -5.05. The number of sulfonamides is 1. The number of anilines is 1.